The van der Waals surface area contributed by atoms with Crippen molar-refractivity contribution in [1.29, 1.82) is 0 Å². The Morgan fingerprint density at radius 2 is 2.11 bits per heavy atom. The van der Waals surface area contributed by atoms with Gasteiger partial charge < -0.3 is 14.7 Å². The summed E-state index contributed by atoms with van der Waals surface area (Å²) in [6, 6.07) is 7.16. The molecule has 0 saturated carbocycles. The van der Waals surface area contributed by atoms with Crippen LogP contribution in [-0.4, -0.2) is 42.2 Å². The molecule has 1 saturated heterocycles. The summed E-state index contributed by atoms with van der Waals surface area (Å²) in [5, 5.41) is 9.66. The van der Waals surface area contributed by atoms with Crippen molar-refractivity contribution in [1.82, 2.24) is 4.90 Å². The number of benzene rings is 1. The highest BCUT2D eigenvalue weighted by Gasteiger charge is 2.26. The molecule has 2 rings (SSSR count). The number of piperidine rings is 1. The summed E-state index contributed by atoms with van der Waals surface area (Å²) in [5.74, 6) is 0.973. The number of methoxy groups -OCH3 is 1. The SMILES string of the molecule is COc1ccc(C(=O)N2CCCC(C(C)O)C2)cc1. The van der Waals surface area contributed by atoms with Crippen molar-refractivity contribution in [3.05, 3.63) is 29.8 Å². The third-order valence-corrected chi connectivity index (χ3v) is 3.76. The van der Waals surface area contributed by atoms with E-state index in [0.717, 1.165) is 25.1 Å². The Bertz CT molecular complexity index is 428. The normalized spacial score (nSPS) is 21.0. The summed E-state index contributed by atoms with van der Waals surface area (Å²) in [5.41, 5.74) is 0.673. The second-order valence-electron chi connectivity index (χ2n) is 5.12. The molecule has 1 aliphatic heterocycles. The fourth-order valence-corrected chi connectivity index (χ4v) is 2.50. The molecule has 0 aliphatic carbocycles. The summed E-state index contributed by atoms with van der Waals surface area (Å²) in [6.45, 7) is 3.21. The molecule has 0 spiro atoms. The standard InChI is InChI=1S/C15H21NO3/c1-11(17)13-4-3-9-16(10-13)15(18)12-5-7-14(19-2)8-6-12/h5-8,11,13,17H,3-4,9-10H2,1-2H3. The number of hydrogen-bond donors (Lipinski definition) is 1. The molecule has 1 N–H and O–H groups in total. The Kier molecular flexibility index (Phi) is 4.43. The first-order valence-electron chi connectivity index (χ1n) is 6.73. The van der Waals surface area contributed by atoms with Crippen LogP contribution in [0.25, 0.3) is 0 Å². The van der Waals surface area contributed by atoms with Gasteiger partial charge in [0.1, 0.15) is 5.75 Å². The number of hydrogen-bond acceptors (Lipinski definition) is 3. The number of carbonyl (C=O) groups excluding carboxylic acids is 1. The maximum atomic E-state index is 12.4. The summed E-state index contributed by atoms with van der Waals surface area (Å²) >= 11 is 0. The lowest BCUT2D eigenvalue weighted by Gasteiger charge is -2.34. The van der Waals surface area contributed by atoms with Crippen LogP contribution in [-0.2, 0) is 0 Å². The van der Waals surface area contributed by atoms with Crippen molar-refractivity contribution in [2.24, 2.45) is 5.92 Å². The van der Waals surface area contributed by atoms with E-state index >= 15 is 0 Å². The fraction of sp³-hybridized carbons (Fsp3) is 0.533. The van der Waals surface area contributed by atoms with Gasteiger partial charge in [-0.25, -0.2) is 0 Å². The zero-order valence-corrected chi connectivity index (χ0v) is 11.5. The second-order valence-corrected chi connectivity index (χ2v) is 5.12. The van der Waals surface area contributed by atoms with Crippen LogP contribution in [0.15, 0.2) is 24.3 Å². The Balaban J connectivity index is 2.05. The number of rotatable bonds is 3. The summed E-state index contributed by atoms with van der Waals surface area (Å²) in [6.07, 6.45) is 1.59. The first-order chi connectivity index (χ1) is 9.11. The molecular weight excluding hydrogens is 242 g/mol. The number of amides is 1. The van der Waals surface area contributed by atoms with Crippen molar-refractivity contribution < 1.29 is 14.6 Å². The van der Waals surface area contributed by atoms with E-state index in [2.05, 4.69) is 0 Å². The highest BCUT2D eigenvalue weighted by atomic mass is 16.5. The van der Waals surface area contributed by atoms with E-state index in [4.69, 9.17) is 4.74 Å². The molecule has 2 unspecified atom stereocenters. The zero-order chi connectivity index (χ0) is 13.8. The molecule has 1 aromatic carbocycles. The number of nitrogens with zero attached hydrogens (tertiary/aromatic N) is 1. The molecule has 0 bridgehead atoms. The van der Waals surface area contributed by atoms with E-state index in [-0.39, 0.29) is 17.9 Å². The molecule has 1 fully saturated rings. The third-order valence-electron chi connectivity index (χ3n) is 3.76. The van der Waals surface area contributed by atoms with Crippen LogP contribution in [0.1, 0.15) is 30.1 Å². The largest absolute Gasteiger partial charge is 0.497 e. The lowest BCUT2D eigenvalue weighted by molar-refractivity contribution is 0.0466. The second kappa shape index (κ2) is 6.06. The van der Waals surface area contributed by atoms with E-state index in [1.807, 2.05) is 4.90 Å². The molecule has 1 amide bonds. The Morgan fingerprint density at radius 1 is 1.42 bits per heavy atom. The monoisotopic (exact) mass is 263 g/mol. The highest BCUT2D eigenvalue weighted by molar-refractivity contribution is 5.94. The lowest BCUT2D eigenvalue weighted by atomic mass is 9.93. The van der Waals surface area contributed by atoms with Gasteiger partial charge in [0.2, 0.25) is 0 Å². The van der Waals surface area contributed by atoms with Gasteiger partial charge in [-0.1, -0.05) is 0 Å². The predicted molar refractivity (Wildman–Crippen MR) is 73.3 cm³/mol. The van der Waals surface area contributed by atoms with Crippen LogP contribution in [0.3, 0.4) is 0 Å². The molecule has 0 aromatic heterocycles. The van der Waals surface area contributed by atoms with Crippen LogP contribution >= 0.6 is 0 Å². The number of likely N-dealkylation sites (tertiary alicyclic amines) is 1. The van der Waals surface area contributed by atoms with Gasteiger partial charge in [0.25, 0.3) is 5.91 Å². The fourth-order valence-electron chi connectivity index (χ4n) is 2.50. The molecule has 1 heterocycles. The topological polar surface area (TPSA) is 49.8 Å². The van der Waals surface area contributed by atoms with Gasteiger partial charge in [0.05, 0.1) is 13.2 Å². The van der Waals surface area contributed by atoms with Gasteiger partial charge in [-0.3, -0.25) is 4.79 Å². The van der Waals surface area contributed by atoms with Crippen LogP contribution in [0, 0.1) is 5.92 Å². The summed E-state index contributed by atoms with van der Waals surface area (Å²) < 4.78 is 5.08. The zero-order valence-electron chi connectivity index (χ0n) is 11.5. The molecule has 19 heavy (non-hydrogen) atoms. The van der Waals surface area contributed by atoms with Crippen LogP contribution < -0.4 is 4.74 Å². The quantitative estimate of drug-likeness (QED) is 0.906. The maximum Gasteiger partial charge on any atom is 0.253 e. The molecular formula is C15H21NO3. The van der Waals surface area contributed by atoms with Crippen molar-refractivity contribution in [2.45, 2.75) is 25.9 Å². The molecule has 0 radical (unpaired) electrons. The minimum atomic E-state index is -0.355. The summed E-state index contributed by atoms with van der Waals surface area (Å²) in [4.78, 5) is 14.2. The first-order valence-corrected chi connectivity index (χ1v) is 6.73. The molecule has 2 atom stereocenters. The molecule has 4 heteroatoms. The Labute approximate surface area is 114 Å². The lowest BCUT2D eigenvalue weighted by Crippen LogP contribution is -2.42. The van der Waals surface area contributed by atoms with E-state index < -0.39 is 0 Å². The minimum Gasteiger partial charge on any atom is -0.497 e. The van der Waals surface area contributed by atoms with E-state index in [0.29, 0.717) is 12.1 Å². The van der Waals surface area contributed by atoms with Gasteiger partial charge in [0.15, 0.2) is 0 Å². The first kappa shape index (κ1) is 13.9. The predicted octanol–water partition coefficient (Wildman–Crippen LogP) is 1.93. The molecule has 1 aromatic rings. The molecule has 1 aliphatic rings. The van der Waals surface area contributed by atoms with Crippen molar-refractivity contribution in [3.8, 4) is 5.75 Å². The third kappa shape index (κ3) is 3.26. The summed E-state index contributed by atoms with van der Waals surface area (Å²) in [7, 11) is 1.61. The minimum absolute atomic E-state index is 0.0352. The van der Waals surface area contributed by atoms with Gasteiger partial charge >= 0.3 is 0 Å². The highest BCUT2D eigenvalue weighted by Crippen LogP contribution is 2.22. The average Bonchev–Trinajstić information content (AvgIpc) is 2.46. The Hall–Kier alpha value is -1.55. The number of ether oxygens (including phenoxy) is 1. The van der Waals surface area contributed by atoms with Crippen molar-refractivity contribution in [2.75, 3.05) is 20.2 Å². The number of carbonyl (C=O) groups is 1. The van der Waals surface area contributed by atoms with Gasteiger partial charge in [-0.2, -0.15) is 0 Å². The van der Waals surface area contributed by atoms with Crippen LogP contribution in [0.2, 0.25) is 0 Å². The van der Waals surface area contributed by atoms with Gasteiger partial charge in [0, 0.05) is 24.6 Å². The van der Waals surface area contributed by atoms with Crippen LogP contribution in [0.5, 0.6) is 5.75 Å². The van der Waals surface area contributed by atoms with E-state index in [1.165, 1.54) is 0 Å². The van der Waals surface area contributed by atoms with Crippen molar-refractivity contribution in [3.63, 3.8) is 0 Å². The van der Waals surface area contributed by atoms with Crippen LogP contribution in [0.4, 0.5) is 0 Å². The van der Waals surface area contributed by atoms with E-state index in [9.17, 15) is 9.90 Å². The van der Waals surface area contributed by atoms with Gasteiger partial charge in [-0.15, -0.1) is 0 Å². The number of aliphatic hydroxyl groups is 1. The average molecular weight is 263 g/mol. The maximum absolute atomic E-state index is 12.4. The number of aliphatic hydroxyl groups excluding tert-OH is 1. The smallest absolute Gasteiger partial charge is 0.253 e. The van der Waals surface area contributed by atoms with E-state index in [1.54, 1.807) is 38.3 Å². The molecule has 104 valence electrons. The Morgan fingerprint density at radius 3 is 2.68 bits per heavy atom. The van der Waals surface area contributed by atoms with Gasteiger partial charge in [-0.05, 0) is 44.0 Å². The van der Waals surface area contributed by atoms with Crippen molar-refractivity contribution >= 4 is 5.91 Å². The molecule has 4 nitrogen and oxygen atoms in total.